The number of hydrogen-bond acceptors (Lipinski definition) is 3. The Balaban J connectivity index is 1.74. The van der Waals surface area contributed by atoms with E-state index in [-0.39, 0.29) is 18.1 Å². The molecule has 0 aromatic heterocycles. The van der Waals surface area contributed by atoms with Gasteiger partial charge in [-0.25, -0.2) is 0 Å². The molecule has 0 spiro atoms. The second-order valence-corrected chi connectivity index (χ2v) is 9.21. The van der Waals surface area contributed by atoms with E-state index in [2.05, 4.69) is 116 Å². The zero-order chi connectivity index (χ0) is 25.3. The van der Waals surface area contributed by atoms with E-state index in [0.717, 1.165) is 12.1 Å². The molecule has 0 aliphatic heterocycles. The van der Waals surface area contributed by atoms with E-state index >= 15 is 0 Å². The van der Waals surface area contributed by atoms with Gasteiger partial charge < -0.3 is 4.74 Å². The molecule has 0 saturated heterocycles. The fourth-order valence-electron chi connectivity index (χ4n) is 4.82. The van der Waals surface area contributed by atoms with Crippen LogP contribution in [0.25, 0.3) is 11.1 Å². The molecule has 0 amide bonds. The highest BCUT2D eigenvalue weighted by Gasteiger charge is 2.29. The molecular formula is C33H35NO2. The van der Waals surface area contributed by atoms with Gasteiger partial charge in [-0.05, 0) is 54.2 Å². The normalized spacial score (nSPS) is 12.8. The standard InChI is InChI=1S/C33H35NO2/c1-4-36-33(35)23-32(30-21-19-29(20-22-30)31-18-12-11-13-25(31)2)34(24-27-14-7-5-8-15-27)26(3)28-16-9-6-10-17-28/h5-22,26,32H,4,23-24H2,1-3H3/t26-,32+/m1/s1. The van der Waals surface area contributed by atoms with Crippen molar-refractivity contribution in [2.75, 3.05) is 6.61 Å². The van der Waals surface area contributed by atoms with Crippen LogP contribution in [-0.4, -0.2) is 17.5 Å². The van der Waals surface area contributed by atoms with Gasteiger partial charge in [0.1, 0.15) is 0 Å². The van der Waals surface area contributed by atoms with Crippen LogP contribution >= 0.6 is 0 Å². The van der Waals surface area contributed by atoms with Gasteiger partial charge in [0.05, 0.1) is 13.0 Å². The maximum absolute atomic E-state index is 12.8. The van der Waals surface area contributed by atoms with E-state index in [1.54, 1.807) is 0 Å². The van der Waals surface area contributed by atoms with Crippen molar-refractivity contribution in [3.63, 3.8) is 0 Å². The van der Waals surface area contributed by atoms with Crippen molar-refractivity contribution in [1.29, 1.82) is 0 Å². The van der Waals surface area contributed by atoms with Crippen molar-refractivity contribution >= 4 is 5.97 Å². The number of ether oxygens (including phenoxy) is 1. The molecule has 0 saturated carbocycles. The predicted octanol–water partition coefficient (Wildman–Crippen LogP) is 7.92. The van der Waals surface area contributed by atoms with E-state index in [1.807, 2.05) is 19.1 Å². The number of nitrogens with zero attached hydrogens (tertiary/aromatic N) is 1. The molecule has 3 nitrogen and oxygen atoms in total. The lowest BCUT2D eigenvalue weighted by molar-refractivity contribution is -0.145. The van der Waals surface area contributed by atoms with Gasteiger partial charge in [-0.2, -0.15) is 0 Å². The Morgan fingerprint density at radius 3 is 2.03 bits per heavy atom. The van der Waals surface area contributed by atoms with E-state index in [4.69, 9.17) is 4.74 Å². The Hall–Kier alpha value is -3.69. The minimum atomic E-state index is -0.177. The van der Waals surface area contributed by atoms with Crippen LogP contribution in [0, 0.1) is 6.92 Å². The van der Waals surface area contributed by atoms with Crippen LogP contribution in [0.3, 0.4) is 0 Å². The predicted molar refractivity (Wildman–Crippen MR) is 147 cm³/mol. The molecule has 0 aliphatic carbocycles. The Bertz CT molecular complexity index is 1240. The molecule has 3 heteroatoms. The number of carbonyl (C=O) groups excluding carboxylic acids is 1. The number of rotatable bonds is 10. The van der Waals surface area contributed by atoms with E-state index < -0.39 is 0 Å². The van der Waals surface area contributed by atoms with E-state index in [9.17, 15) is 4.79 Å². The average molecular weight is 478 g/mol. The van der Waals surface area contributed by atoms with Gasteiger partial charge in [0, 0.05) is 18.6 Å². The molecule has 0 N–H and O–H groups in total. The largest absolute Gasteiger partial charge is 0.466 e. The van der Waals surface area contributed by atoms with Gasteiger partial charge in [0.25, 0.3) is 0 Å². The lowest BCUT2D eigenvalue weighted by atomic mass is 9.94. The zero-order valence-corrected chi connectivity index (χ0v) is 21.4. The van der Waals surface area contributed by atoms with Gasteiger partial charge in [0.2, 0.25) is 0 Å². The first-order chi connectivity index (χ1) is 17.6. The minimum absolute atomic E-state index is 0.0990. The minimum Gasteiger partial charge on any atom is -0.466 e. The molecule has 0 unspecified atom stereocenters. The van der Waals surface area contributed by atoms with Crippen LogP contribution in [0.1, 0.15) is 54.6 Å². The quantitative estimate of drug-likeness (QED) is 0.217. The summed E-state index contributed by atoms with van der Waals surface area (Å²) in [5, 5.41) is 0. The number of aryl methyl sites for hydroxylation is 1. The maximum atomic E-state index is 12.8. The lowest BCUT2D eigenvalue weighted by Gasteiger charge is -2.37. The lowest BCUT2D eigenvalue weighted by Crippen LogP contribution is -2.33. The van der Waals surface area contributed by atoms with Crippen LogP contribution in [0.2, 0.25) is 0 Å². The van der Waals surface area contributed by atoms with Crippen molar-refractivity contribution in [2.24, 2.45) is 0 Å². The molecule has 184 valence electrons. The number of hydrogen-bond donors (Lipinski definition) is 0. The van der Waals surface area contributed by atoms with Gasteiger partial charge in [-0.1, -0.05) is 109 Å². The van der Waals surface area contributed by atoms with Crippen molar-refractivity contribution in [3.8, 4) is 11.1 Å². The highest BCUT2D eigenvalue weighted by Crippen LogP contribution is 2.36. The number of carbonyl (C=O) groups is 1. The van der Waals surface area contributed by atoms with Crippen molar-refractivity contribution in [3.05, 3.63) is 131 Å². The Labute approximate surface area is 215 Å². The Morgan fingerprint density at radius 2 is 1.39 bits per heavy atom. The second-order valence-electron chi connectivity index (χ2n) is 9.21. The fourth-order valence-corrected chi connectivity index (χ4v) is 4.82. The van der Waals surface area contributed by atoms with Crippen molar-refractivity contribution in [2.45, 2.75) is 45.8 Å². The molecular weight excluding hydrogens is 442 g/mol. The number of benzene rings is 4. The molecule has 0 heterocycles. The smallest absolute Gasteiger partial charge is 0.307 e. The van der Waals surface area contributed by atoms with Crippen molar-refractivity contribution < 1.29 is 9.53 Å². The summed E-state index contributed by atoms with van der Waals surface area (Å²) >= 11 is 0. The van der Waals surface area contributed by atoms with Gasteiger partial charge in [-0.15, -0.1) is 0 Å². The summed E-state index contributed by atoms with van der Waals surface area (Å²) in [5.41, 5.74) is 7.20. The topological polar surface area (TPSA) is 29.5 Å². The SMILES string of the molecule is CCOC(=O)C[C@@H](c1ccc(-c2ccccc2C)cc1)N(Cc1ccccc1)[C@H](C)c1ccccc1. The van der Waals surface area contributed by atoms with Gasteiger partial charge >= 0.3 is 5.97 Å². The van der Waals surface area contributed by atoms with E-state index in [0.29, 0.717) is 13.0 Å². The van der Waals surface area contributed by atoms with Crippen LogP contribution in [-0.2, 0) is 16.1 Å². The second kappa shape index (κ2) is 12.3. The Morgan fingerprint density at radius 1 is 0.778 bits per heavy atom. The Kier molecular flexibility index (Phi) is 8.70. The third-order valence-electron chi connectivity index (χ3n) is 6.80. The molecule has 4 aromatic rings. The first kappa shape index (κ1) is 25.4. The summed E-state index contributed by atoms with van der Waals surface area (Å²) in [6, 6.07) is 38.0. The summed E-state index contributed by atoms with van der Waals surface area (Å²) in [7, 11) is 0. The van der Waals surface area contributed by atoms with Gasteiger partial charge in [-0.3, -0.25) is 9.69 Å². The third kappa shape index (κ3) is 6.30. The summed E-state index contributed by atoms with van der Waals surface area (Å²) in [6.07, 6.45) is 0.293. The maximum Gasteiger partial charge on any atom is 0.307 e. The first-order valence-electron chi connectivity index (χ1n) is 12.7. The van der Waals surface area contributed by atoms with Crippen LogP contribution < -0.4 is 0 Å². The fraction of sp³-hybridized carbons (Fsp3) is 0.242. The molecule has 0 fully saturated rings. The average Bonchev–Trinajstić information content (AvgIpc) is 2.92. The highest BCUT2D eigenvalue weighted by molar-refractivity contribution is 5.71. The molecule has 0 radical (unpaired) electrons. The molecule has 4 aromatic carbocycles. The summed E-state index contributed by atoms with van der Waals surface area (Å²) < 4.78 is 5.42. The highest BCUT2D eigenvalue weighted by atomic mass is 16.5. The number of esters is 1. The van der Waals surface area contributed by atoms with Crippen LogP contribution in [0.15, 0.2) is 109 Å². The molecule has 4 rings (SSSR count). The third-order valence-corrected chi connectivity index (χ3v) is 6.80. The van der Waals surface area contributed by atoms with E-state index in [1.165, 1.54) is 27.8 Å². The monoisotopic (exact) mass is 477 g/mol. The molecule has 36 heavy (non-hydrogen) atoms. The first-order valence-corrected chi connectivity index (χ1v) is 12.7. The summed E-state index contributed by atoms with van der Waals surface area (Å²) in [6.45, 7) is 7.32. The molecule has 2 atom stereocenters. The zero-order valence-electron chi connectivity index (χ0n) is 21.4. The van der Waals surface area contributed by atoms with Crippen molar-refractivity contribution in [1.82, 2.24) is 4.90 Å². The summed E-state index contributed by atoms with van der Waals surface area (Å²) in [4.78, 5) is 15.2. The molecule has 0 bridgehead atoms. The summed E-state index contributed by atoms with van der Waals surface area (Å²) in [5.74, 6) is -0.177. The van der Waals surface area contributed by atoms with Gasteiger partial charge in [0.15, 0.2) is 0 Å². The molecule has 0 aliphatic rings. The van der Waals surface area contributed by atoms with Crippen LogP contribution in [0.4, 0.5) is 0 Å². The van der Waals surface area contributed by atoms with Crippen LogP contribution in [0.5, 0.6) is 0 Å².